The third-order valence-corrected chi connectivity index (χ3v) is 7.61. The fourth-order valence-electron chi connectivity index (χ4n) is 3.33. The highest BCUT2D eigenvalue weighted by Crippen LogP contribution is 2.27. The number of sulfonamides is 1. The third-order valence-electron chi connectivity index (χ3n) is 4.97. The molecule has 1 heterocycles. The lowest BCUT2D eigenvalue weighted by atomic mass is 10.2. The van der Waals surface area contributed by atoms with Crippen molar-refractivity contribution in [3.63, 3.8) is 0 Å². The van der Waals surface area contributed by atoms with E-state index in [1.54, 1.807) is 46.4 Å². The highest BCUT2D eigenvalue weighted by Gasteiger charge is 2.25. The standard InChI is InChI=1S/C21H26N2O4S2/c1-27-20-15-17(28-2)9-12-19(20)21(24)22-16-7-10-18(11-8-16)29(25,26)23-13-5-3-4-6-14-23/h7-12,15H,3-6,13-14H2,1-2H3,(H,22,24). The van der Waals surface area contributed by atoms with E-state index in [0.29, 0.717) is 30.1 Å². The smallest absolute Gasteiger partial charge is 0.259 e. The summed E-state index contributed by atoms with van der Waals surface area (Å²) in [5.74, 6) is 0.187. The Morgan fingerprint density at radius 3 is 2.28 bits per heavy atom. The summed E-state index contributed by atoms with van der Waals surface area (Å²) in [5, 5.41) is 2.80. The van der Waals surface area contributed by atoms with Gasteiger partial charge in [-0.2, -0.15) is 4.31 Å². The number of hydrogen-bond donors (Lipinski definition) is 1. The first-order chi connectivity index (χ1) is 14.0. The molecule has 0 atom stereocenters. The van der Waals surface area contributed by atoms with Gasteiger partial charge in [0.1, 0.15) is 5.75 Å². The number of nitrogens with one attached hydrogen (secondary N) is 1. The van der Waals surface area contributed by atoms with Crippen molar-refractivity contribution in [2.24, 2.45) is 0 Å². The average molecular weight is 435 g/mol. The molecule has 0 bridgehead atoms. The van der Waals surface area contributed by atoms with Gasteiger partial charge in [-0.05, 0) is 61.6 Å². The van der Waals surface area contributed by atoms with Crippen LogP contribution in [0.15, 0.2) is 52.3 Å². The normalized spacial score (nSPS) is 15.5. The summed E-state index contributed by atoms with van der Waals surface area (Å²) in [4.78, 5) is 13.9. The Balaban J connectivity index is 1.74. The second-order valence-corrected chi connectivity index (χ2v) is 9.68. The highest BCUT2D eigenvalue weighted by atomic mass is 32.2. The SMILES string of the molecule is COc1cc(SC)ccc1C(=O)Nc1ccc(S(=O)(=O)N2CCCCCC2)cc1. The van der Waals surface area contributed by atoms with Gasteiger partial charge in [0.15, 0.2) is 0 Å². The predicted octanol–water partition coefficient (Wildman–Crippen LogP) is 4.23. The molecule has 6 nitrogen and oxygen atoms in total. The van der Waals surface area contributed by atoms with Crippen LogP contribution in [-0.2, 0) is 10.0 Å². The molecule has 0 radical (unpaired) electrons. The first-order valence-corrected chi connectivity index (χ1v) is 12.3. The summed E-state index contributed by atoms with van der Waals surface area (Å²) >= 11 is 1.57. The van der Waals surface area contributed by atoms with Crippen LogP contribution in [0, 0.1) is 0 Å². The van der Waals surface area contributed by atoms with Gasteiger partial charge >= 0.3 is 0 Å². The number of ether oxygens (including phenoxy) is 1. The maximum atomic E-state index is 12.9. The molecule has 0 saturated carbocycles. The van der Waals surface area contributed by atoms with Gasteiger partial charge in [-0.15, -0.1) is 11.8 Å². The molecule has 2 aromatic rings. The second-order valence-electron chi connectivity index (χ2n) is 6.86. The van der Waals surface area contributed by atoms with Crippen LogP contribution in [-0.4, -0.2) is 45.1 Å². The van der Waals surface area contributed by atoms with E-state index in [-0.39, 0.29) is 10.8 Å². The van der Waals surface area contributed by atoms with E-state index in [1.165, 1.54) is 7.11 Å². The van der Waals surface area contributed by atoms with E-state index in [2.05, 4.69) is 5.32 Å². The van der Waals surface area contributed by atoms with E-state index in [1.807, 2.05) is 18.4 Å². The lowest BCUT2D eigenvalue weighted by Gasteiger charge is -2.20. The van der Waals surface area contributed by atoms with Gasteiger partial charge in [0.05, 0.1) is 17.6 Å². The monoisotopic (exact) mass is 434 g/mol. The van der Waals surface area contributed by atoms with Crippen LogP contribution in [0.25, 0.3) is 0 Å². The topological polar surface area (TPSA) is 75.7 Å². The Kier molecular flexibility index (Phi) is 7.21. The quantitative estimate of drug-likeness (QED) is 0.689. The number of hydrogen-bond acceptors (Lipinski definition) is 5. The molecule has 1 N–H and O–H groups in total. The van der Waals surface area contributed by atoms with Gasteiger partial charge in [-0.25, -0.2) is 8.42 Å². The van der Waals surface area contributed by atoms with Gasteiger partial charge < -0.3 is 10.1 Å². The van der Waals surface area contributed by atoms with Crippen molar-refractivity contribution in [3.05, 3.63) is 48.0 Å². The largest absolute Gasteiger partial charge is 0.496 e. The number of amides is 1. The number of carbonyl (C=O) groups excluding carboxylic acids is 1. The number of thioether (sulfide) groups is 1. The molecule has 8 heteroatoms. The minimum absolute atomic E-state index is 0.249. The Morgan fingerprint density at radius 2 is 1.69 bits per heavy atom. The van der Waals surface area contributed by atoms with Gasteiger partial charge in [0.2, 0.25) is 10.0 Å². The lowest BCUT2D eigenvalue weighted by molar-refractivity contribution is 0.102. The number of benzene rings is 2. The number of carbonyl (C=O) groups is 1. The number of anilines is 1. The molecule has 1 saturated heterocycles. The molecule has 156 valence electrons. The first kappa shape index (κ1) is 21.7. The van der Waals surface area contributed by atoms with Crippen LogP contribution in [0.1, 0.15) is 36.0 Å². The van der Waals surface area contributed by atoms with E-state index in [4.69, 9.17) is 4.74 Å². The zero-order valence-electron chi connectivity index (χ0n) is 16.7. The molecular formula is C21H26N2O4S2. The molecule has 2 aromatic carbocycles. The Labute approximate surface area is 176 Å². The maximum Gasteiger partial charge on any atom is 0.259 e. The summed E-state index contributed by atoms with van der Waals surface area (Å²) in [6.07, 6.45) is 5.88. The van der Waals surface area contributed by atoms with E-state index < -0.39 is 10.0 Å². The Hall–Kier alpha value is -2.03. The summed E-state index contributed by atoms with van der Waals surface area (Å²) in [7, 11) is -1.98. The summed E-state index contributed by atoms with van der Waals surface area (Å²) in [6.45, 7) is 1.12. The molecule has 0 unspecified atom stereocenters. The first-order valence-electron chi connectivity index (χ1n) is 9.59. The van der Waals surface area contributed by atoms with Gasteiger partial charge in [-0.1, -0.05) is 12.8 Å². The third kappa shape index (κ3) is 5.12. The fourth-order valence-corrected chi connectivity index (χ4v) is 5.27. The predicted molar refractivity (Wildman–Crippen MR) is 116 cm³/mol. The average Bonchev–Trinajstić information content (AvgIpc) is 3.03. The second kappa shape index (κ2) is 9.65. The van der Waals surface area contributed by atoms with Crippen LogP contribution < -0.4 is 10.1 Å². The molecule has 3 rings (SSSR count). The fraction of sp³-hybridized carbons (Fsp3) is 0.381. The van der Waals surface area contributed by atoms with Crippen LogP contribution in [0.2, 0.25) is 0 Å². The zero-order valence-corrected chi connectivity index (χ0v) is 18.3. The molecule has 0 aliphatic carbocycles. The van der Waals surface area contributed by atoms with Gasteiger partial charge in [0.25, 0.3) is 5.91 Å². The minimum Gasteiger partial charge on any atom is -0.496 e. The molecular weight excluding hydrogens is 408 g/mol. The van der Waals surface area contributed by atoms with E-state index >= 15 is 0 Å². The molecule has 1 aliphatic rings. The molecule has 0 aromatic heterocycles. The highest BCUT2D eigenvalue weighted by molar-refractivity contribution is 7.98. The van der Waals surface area contributed by atoms with Crippen molar-refractivity contribution in [1.29, 1.82) is 0 Å². The minimum atomic E-state index is -3.50. The molecule has 29 heavy (non-hydrogen) atoms. The van der Waals surface area contributed by atoms with Crippen LogP contribution in [0.4, 0.5) is 5.69 Å². The summed E-state index contributed by atoms with van der Waals surface area (Å²) in [5.41, 5.74) is 0.951. The Bertz CT molecular complexity index is 951. The van der Waals surface area contributed by atoms with Crippen molar-refractivity contribution >= 4 is 33.4 Å². The summed E-state index contributed by atoms with van der Waals surface area (Å²) in [6, 6.07) is 11.7. The zero-order chi connectivity index (χ0) is 20.9. The van der Waals surface area contributed by atoms with Crippen LogP contribution in [0.5, 0.6) is 5.75 Å². The lowest BCUT2D eigenvalue weighted by Crippen LogP contribution is -2.31. The van der Waals surface area contributed by atoms with Crippen molar-refractivity contribution in [2.75, 3.05) is 31.8 Å². The van der Waals surface area contributed by atoms with E-state index in [9.17, 15) is 13.2 Å². The van der Waals surface area contributed by atoms with E-state index in [0.717, 1.165) is 30.6 Å². The molecule has 1 aliphatic heterocycles. The molecule has 1 fully saturated rings. The number of rotatable bonds is 6. The van der Waals surface area contributed by atoms with Crippen molar-refractivity contribution in [1.82, 2.24) is 4.31 Å². The number of methoxy groups -OCH3 is 1. The van der Waals surface area contributed by atoms with Crippen LogP contribution in [0.3, 0.4) is 0 Å². The van der Waals surface area contributed by atoms with Crippen molar-refractivity contribution < 1.29 is 17.9 Å². The number of nitrogens with zero attached hydrogens (tertiary/aromatic N) is 1. The Morgan fingerprint density at radius 1 is 1.03 bits per heavy atom. The van der Waals surface area contributed by atoms with Crippen molar-refractivity contribution in [3.8, 4) is 5.75 Å². The van der Waals surface area contributed by atoms with Crippen molar-refractivity contribution in [2.45, 2.75) is 35.5 Å². The molecule has 0 spiro atoms. The van der Waals surface area contributed by atoms with Gasteiger partial charge in [0, 0.05) is 23.7 Å². The summed E-state index contributed by atoms with van der Waals surface area (Å²) < 4.78 is 32.6. The molecule has 1 amide bonds. The van der Waals surface area contributed by atoms with Gasteiger partial charge in [-0.3, -0.25) is 4.79 Å². The van der Waals surface area contributed by atoms with Crippen LogP contribution >= 0.6 is 11.8 Å². The maximum absolute atomic E-state index is 12.9.